The number of aromatic nitrogens is 1. The molecule has 0 unspecified atom stereocenters. The highest BCUT2D eigenvalue weighted by molar-refractivity contribution is 7.98. The zero-order chi connectivity index (χ0) is 21.0. The van der Waals surface area contributed by atoms with E-state index in [1.165, 1.54) is 22.9 Å². The fourth-order valence-electron chi connectivity index (χ4n) is 3.61. The molecule has 1 aromatic carbocycles. The second-order valence-corrected chi connectivity index (χ2v) is 9.33. The molecule has 5 heteroatoms. The number of carbonyl (C=O) groups excluding carboxylic acids is 1. The van der Waals surface area contributed by atoms with Crippen molar-refractivity contribution < 1.29 is 9.53 Å². The van der Waals surface area contributed by atoms with Crippen molar-refractivity contribution in [1.82, 2.24) is 4.98 Å². The van der Waals surface area contributed by atoms with Gasteiger partial charge in [0.05, 0.1) is 17.7 Å². The number of rotatable bonds is 5. The summed E-state index contributed by atoms with van der Waals surface area (Å²) in [5.74, 6) is 0.300. The van der Waals surface area contributed by atoms with Crippen molar-refractivity contribution >= 4 is 17.7 Å². The van der Waals surface area contributed by atoms with Crippen LogP contribution in [-0.4, -0.2) is 17.6 Å². The predicted octanol–water partition coefficient (Wildman–Crippen LogP) is 5.60. The summed E-state index contributed by atoms with van der Waals surface area (Å²) in [6.07, 6.45) is 3.71. The van der Waals surface area contributed by atoms with E-state index in [1.807, 2.05) is 0 Å². The van der Waals surface area contributed by atoms with Crippen LogP contribution in [0.3, 0.4) is 0 Å². The van der Waals surface area contributed by atoms with E-state index >= 15 is 0 Å². The van der Waals surface area contributed by atoms with Gasteiger partial charge in [0.25, 0.3) is 0 Å². The number of nitrogens with zero attached hydrogens (tertiary/aromatic N) is 2. The largest absolute Gasteiger partial charge is 0.462 e. The van der Waals surface area contributed by atoms with Gasteiger partial charge >= 0.3 is 5.97 Å². The van der Waals surface area contributed by atoms with Gasteiger partial charge in [0.2, 0.25) is 0 Å². The van der Waals surface area contributed by atoms with Crippen molar-refractivity contribution in [2.75, 3.05) is 6.61 Å². The minimum atomic E-state index is -0.402. The summed E-state index contributed by atoms with van der Waals surface area (Å²) < 4.78 is 5.27. The monoisotopic (exact) mass is 408 g/mol. The van der Waals surface area contributed by atoms with Gasteiger partial charge in [-0.15, -0.1) is 11.8 Å². The number of hydrogen-bond acceptors (Lipinski definition) is 5. The molecule has 4 nitrogen and oxygen atoms in total. The SMILES string of the molecule is CCOC(=O)c1c(C#N)c(SCc2ccc(C(C)(C)C)cc2)nc2c1CCCC2. The highest BCUT2D eigenvalue weighted by Crippen LogP contribution is 2.34. The standard InChI is InChI=1S/C24H28N2O2S/c1-5-28-23(27)21-18-8-6-7-9-20(18)26-22(19(21)14-25)29-15-16-10-12-17(13-11-16)24(2,3)4/h10-13H,5-9,15H2,1-4H3. The minimum Gasteiger partial charge on any atom is -0.462 e. The van der Waals surface area contributed by atoms with Gasteiger partial charge in [0.15, 0.2) is 0 Å². The number of carbonyl (C=O) groups is 1. The number of nitriles is 1. The Labute approximate surface area is 177 Å². The smallest absolute Gasteiger partial charge is 0.339 e. The summed E-state index contributed by atoms with van der Waals surface area (Å²) in [6.45, 7) is 8.68. The van der Waals surface area contributed by atoms with Crippen molar-refractivity contribution in [3.63, 3.8) is 0 Å². The third-order valence-corrected chi connectivity index (χ3v) is 6.27. The fraction of sp³-hybridized carbons (Fsp3) is 0.458. The molecule has 1 aliphatic rings. The van der Waals surface area contributed by atoms with Gasteiger partial charge in [-0.1, -0.05) is 45.0 Å². The zero-order valence-corrected chi connectivity index (χ0v) is 18.5. The lowest BCUT2D eigenvalue weighted by molar-refractivity contribution is 0.0523. The van der Waals surface area contributed by atoms with Crippen LogP contribution in [-0.2, 0) is 28.7 Å². The Morgan fingerprint density at radius 2 is 1.90 bits per heavy atom. The number of ether oxygens (including phenoxy) is 1. The van der Waals surface area contributed by atoms with Crippen LogP contribution in [0.2, 0.25) is 0 Å². The van der Waals surface area contributed by atoms with Crippen molar-refractivity contribution in [2.24, 2.45) is 0 Å². The zero-order valence-electron chi connectivity index (χ0n) is 17.7. The Kier molecular flexibility index (Phi) is 6.64. The number of esters is 1. The second kappa shape index (κ2) is 9.00. The molecule has 0 spiro atoms. The highest BCUT2D eigenvalue weighted by atomic mass is 32.2. The average Bonchev–Trinajstić information content (AvgIpc) is 2.70. The van der Waals surface area contributed by atoms with Crippen molar-refractivity contribution in [3.05, 3.63) is 57.8 Å². The first kappa shape index (κ1) is 21.4. The maximum absolute atomic E-state index is 12.6. The number of hydrogen-bond donors (Lipinski definition) is 0. The Morgan fingerprint density at radius 1 is 1.21 bits per heavy atom. The van der Waals surface area contributed by atoms with Crippen LogP contribution in [0.15, 0.2) is 29.3 Å². The molecule has 0 aliphatic heterocycles. The Bertz CT molecular complexity index is 937. The molecule has 0 bridgehead atoms. The second-order valence-electron chi connectivity index (χ2n) is 8.37. The van der Waals surface area contributed by atoms with E-state index in [4.69, 9.17) is 9.72 Å². The molecule has 152 valence electrons. The lowest BCUT2D eigenvalue weighted by Crippen LogP contribution is -2.18. The molecular formula is C24H28N2O2S. The van der Waals surface area contributed by atoms with E-state index in [9.17, 15) is 10.1 Å². The van der Waals surface area contributed by atoms with Crippen molar-refractivity contribution in [3.8, 4) is 6.07 Å². The van der Waals surface area contributed by atoms with E-state index in [-0.39, 0.29) is 5.41 Å². The first-order valence-electron chi connectivity index (χ1n) is 10.2. The molecule has 2 aromatic rings. The molecule has 0 radical (unpaired) electrons. The Balaban J connectivity index is 1.92. The molecule has 0 saturated heterocycles. The Morgan fingerprint density at radius 3 is 2.52 bits per heavy atom. The summed E-state index contributed by atoms with van der Waals surface area (Å²) in [4.78, 5) is 17.4. The molecule has 1 aromatic heterocycles. The highest BCUT2D eigenvalue weighted by Gasteiger charge is 2.27. The number of pyridine rings is 1. The number of aryl methyl sites for hydroxylation is 1. The van der Waals surface area contributed by atoms with Gasteiger partial charge in [0, 0.05) is 11.4 Å². The topological polar surface area (TPSA) is 63.0 Å². The third kappa shape index (κ3) is 4.82. The van der Waals surface area contributed by atoms with E-state index < -0.39 is 5.97 Å². The predicted molar refractivity (Wildman–Crippen MR) is 116 cm³/mol. The average molecular weight is 409 g/mol. The van der Waals surface area contributed by atoms with Crippen LogP contribution < -0.4 is 0 Å². The van der Waals surface area contributed by atoms with Crippen LogP contribution in [0, 0.1) is 11.3 Å². The third-order valence-electron chi connectivity index (χ3n) is 5.23. The van der Waals surface area contributed by atoms with E-state index in [0.29, 0.717) is 28.5 Å². The fourth-order valence-corrected chi connectivity index (χ4v) is 4.57. The summed E-state index contributed by atoms with van der Waals surface area (Å²) in [5.41, 5.74) is 5.23. The molecule has 0 amide bonds. The number of thioether (sulfide) groups is 1. The normalized spacial score (nSPS) is 13.5. The van der Waals surface area contributed by atoms with E-state index in [2.05, 4.69) is 51.1 Å². The summed E-state index contributed by atoms with van der Waals surface area (Å²) in [5, 5.41) is 10.5. The molecule has 29 heavy (non-hydrogen) atoms. The lowest BCUT2D eigenvalue weighted by atomic mass is 9.87. The van der Waals surface area contributed by atoms with E-state index in [0.717, 1.165) is 36.9 Å². The molecule has 0 saturated carbocycles. The van der Waals surface area contributed by atoms with E-state index in [1.54, 1.807) is 6.92 Å². The summed E-state index contributed by atoms with van der Waals surface area (Å²) >= 11 is 1.52. The van der Waals surface area contributed by atoms with Crippen LogP contribution in [0.25, 0.3) is 0 Å². The molecule has 0 fully saturated rings. The molecule has 3 rings (SSSR count). The van der Waals surface area contributed by atoms with Gasteiger partial charge in [-0.2, -0.15) is 5.26 Å². The molecule has 0 atom stereocenters. The Hall–Kier alpha value is -2.32. The summed E-state index contributed by atoms with van der Waals surface area (Å²) in [7, 11) is 0. The number of benzene rings is 1. The maximum Gasteiger partial charge on any atom is 0.339 e. The van der Waals surface area contributed by atoms with Crippen LogP contribution in [0.4, 0.5) is 0 Å². The molecule has 1 heterocycles. The summed E-state index contributed by atoms with van der Waals surface area (Å²) in [6, 6.07) is 10.8. The van der Waals surface area contributed by atoms with Crippen LogP contribution >= 0.6 is 11.8 Å². The van der Waals surface area contributed by atoms with Crippen LogP contribution in [0.5, 0.6) is 0 Å². The van der Waals surface area contributed by atoms with Gasteiger partial charge in [-0.3, -0.25) is 0 Å². The van der Waals surface area contributed by atoms with Gasteiger partial charge in [-0.05, 0) is 54.7 Å². The first-order chi connectivity index (χ1) is 13.8. The van der Waals surface area contributed by atoms with Crippen molar-refractivity contribution in [1.29, 1.82) is 5.26 Å². The molecule has 0 N–H and O–H groups in total. The molecular weight excluding hydrogens is 380 g/mol. The van der Waals surface area contributed by atoms with Gasteiger partial charge < -0.3 is 4.74 Å². The number of fused-ring (bicyclic) bond motifs is 1. The lowest BCUT2D eigenvalue weighted by Gasteiger charge is -2.21. The maximum atomic E-state index is 12.6. The van der Waals surface area contributed by atoms with Gasteiger partial charge in [0.1, 0.15) is 11.1 Å². The van der Waals surface area contributed by atoms with Crippen LogP contribution in [0.1, 0.15) is 78.8 Å². The first-order valence-corrected chi connectivity index (χ1v) is 11.2. The van der Waals surface area contributed by atoms with Gasteiger partial charge in [-0.25, -0.2) is 9.78 Å². The quantitative estimate of drug-likeness (QED) is 0.476. The minimum absolute atomic E-state index is 0.119. The molecule has 1 aliphatic carbocycles. The van der Waals surface area contributed by atoms with Crippen molar-refractivity contribution in [2.45, 2.75) is 69.6 Å².